The van der Waals surface area contributed by atoms with Crippen LogP contribution < -0.4 is 4.90 Å². The van der Waals surface area contributed by atoms with Crippen molar-refractivity contribution in [2.45, 2.75) is 45.4 Å². The molecule has 3 nitrogen and oxygen atoms in total. The fourth-order valence-corrected chi connectivity index (χ4v) is 3.78. The van der Waals surface area contributed by atoms with Gasteiger partial charge in [0.2, 0.25) is 0 Å². The van der Waals surface area contributed by atoms with Crippen LogP contribution in [0.25, 0.3) is 17.2 Å². The lowest BCUT2D eigenvalue weighted by Crippen LogP contribution is -2.23. The zero-order valence-corrected chi connectivity index (χ0v) is 15.3. The number of para-hydroxylation sites is 1. The molecule has 1 aliphatic rings. The van der Waals surface area contributed by atoms with Crippen molar-refractivity contribution in [3.05, 3.63) is 59.2 Å². The Morgan fingerprint density at radius 2 is 1.72 bits per heavy atom. The van der Waals surface area contributed by atoms with Crippen LogP contribution in [0.4, 0.5) is 5.69 Å². The molecular weight excluding hydrogens is 310 g/mol. The normalized spacial score (nSPS) is 15.3. The Morgan fingerprint density at radius 1 is 1.08 bits per heavy atom. The maximum Gasteiger partial charge on any atom is 0.0791 e. The largest absolute Gasteiger partial charge is 0.388 e. The van der Waals surface area contributed by atoms with Crippen LogP contribution in [0.1, 0.15) is 61.2 Å². The van der Waals surface area contributed by atoms with Crippen molar-refractivity contribution in [1.29, 1.82) is 0 Å². The average Bonchev–Trinajstić information content (AvgIpc) is 2.65. The summed E-state index contributed by atoms with van der Waals surface area (Å²) in [5.41, 5.74) is 7.47. The van der Waals surface area contributed by atoms with Gasteiger partial charge in [-0.05, 0) is 46.7 Å². The number of hydrogen-bond acceptors (Lipinski definition) is 3. The highest BCUT2D eigenvalue weighted by atomic mass is 16.3. The fraction of sp³-hybridized carbons (Fsp3) is 0.364. The first kappa shape index (κ1) is 17.7. The van der Waals surface area contributed by atoms with Crippen LogP contribution in [-0.4, -0.2) is 17.3 Å². The number of aliphatic hydroxyl groups excluding tert-OH is 2. The molecule has 0 amide bonds. The Labute approximate surface area is 150 Å². The van der Waals surface area contributed by atoms with Crippen LogP contribution >= 0.6 is 0 Å². The van der Waals surface area contributed by atoms with Gasteiger partial charge in [0.05, 0.1) is 17.9 Å². The van der Waals surface area contributed by atoms with Gasteiger partial charge >= 0.3 is 0 Å². The molecule has 1 aliphatic heterocycles. The van der Waals surface area contributed by atoms with E-state index in [0.29, 0.717) is 12.8 Å². The Morgan fingerprint density at radius 3 is 2.32 bits per heavy atom. The van der Waals surface area contributed by atoms with Gasteiger partial charge in [-0.3, -0.25) is 0 Å². The smallest absolute Gasteiger partial charge is 0.0791 e. The first-order valence-corrected chi connectivity index (χ1v) is 9.01. The molecule has 3 rings (SSSR count). The van der Waals surface area contributed by atoms with Gasteiger partial charge < -0.3 is 15.1 Å². The number of hydrogen-bond donors (Lipinski definition) is 2. The molecule has 0 aliphatic carbocycles. The van der Waals surface area contributed by atoms with Gasteiger partial charge in [0.15, 0.2) is 0 Å². The Balaban J connectivity index is 2.26. The monoisotopic (exact) mass is 337 g/mol. The molecule has 0 aromatic heterocycles. The zero-order chi connectivity index (χ0) is 18.1. The van der Waals surface area contributed by atoms with E-state index in [1.807, 2.05) is 26.0 Å². The van der Waals surface area contributed by atoms with Crippen molar-refractivity contribution in [2.24, 2.45) is 0 Å². The summed E-state index contributed by atoms with van der Waals surface area (Å²) in [4.78, 5) is 2.23. The van der Waals surface area contributed by atoms with Crippen LogP contribution in [0.2, 0.25) is 0 Å². The third-order valence-corrected chi connectivity index (χ3v) is 5.17. The van der Waals surface area contributed by atoms with E-state index in [1.54, 1.807) is 0 Å². The SMILES string of the molecule is C=Cc1cccc2c1N(C)Cc1cc(C(O)CC)c(C(O)CC)cc1-2. The number of anilines is 1. The van der Waals surface area contributed by atoms with Crippen molar-refractivity contribution >= 4 is 11.8 Å². The molecule has 2 atom stereocenters. The van der Waals surface area contributed by atoms with E-state index in [2.05, 4.69) is 42.8 Å². The molecule has 0 fully saturated rings. The second-order valence-corrected chi connectivity index (χ2v) is 6.79. The van der Waals surface area contributed by atoms with E-state index in [1.165, 1.54) is 11.3 Å². The highest BCUT2D eigenvalue weighted by molar-refractivity contribution is 5.89. The molecular formula is C22H27NO2. The fourth-order valence-electron chi connectivity index (χ4n) is 3.78. The number of benzene rings is 2. The molecule has 132 valence electrons. The third-order valence-electron chi connectivity index (χ3n) is 5.17. The van der Waals surface area contributed by atoms with Gasteiger partial charge in [0.25, 0.3) is 0 Å². The van der Waals surface area contributed by atoms with Crippen molar-refractivity contribution in [3.8, 4) is 11.1 Å². The minimum Gasteiger partial charge on any atom is -0.388 e. The van der Waals surface area contributed by atoms with E-state index in [9.17, 15) is 10.2 Å². The lowest BCUT2D eigenvalue weighted by molar-refractivity contribution is 0.150. The summed E-state index contributed by atoms with van der Waals surface area (Å²) < 4.78 is 0. The molecule has 0 saturated heterocycles. The predicted octanol–water partition coefficient (Wildman–Crippen LogP) is 4.83. The van der Waals surface area contributed by atoms with Crippen LogP contribution in [0.5, 0.6) is 0 Å². The van der Waals surface area contributed by atoms with E-state index < -0.39 is 12.2 Å². The molecule has 2 N–H and O–H groups in total. The Kier molecular flexibility index (Phi) is 4.98. The first-order chi connectivity index (χ1) is 12.0. The Bertz CT molecular complexity index is 797. The first-order valence-electron chi connectivity index (χ1n) is 9.01. The zero-order valence-electron chi connectivity index (χ0n) is 15.3. The highest BCUT2D eigenvalue weighted by Crippen LogP contribution is 2.43. The lowest BCUT2D eigenvalue weighted by Gasteiger charge is -2.33. The third kappa shape index (κ3) is 2.99. The standard InChI is InChI=1S/C22H27NO2/c1-5-14-9-8-10-16-17-12-19(21(25)7-3)18(20(24)6-2)11-15(17)13-23(4)22(14)16/h5,8-12,20-21,24-25H,1,6-7,13H2,2-4H3. The van der Waals surface area contributed by atoms with E-state index in [4.69, 9.17) is 0 Å². The number of nitrogens with zero attached hydrogens (tertiary/aromatic N) is 1. The molecule has 0 bridgehead atoms. The molecule has 0 saturated carbocycles. The van der Waals surface area contributed by atoms with Gasteiger partial charge in [-0.1, -0.05) is 50.8 Å². The second-order valence-electron chi connectivity index (χ2n) is 6.79. The quantitative estimate of drug-likeness (QED) is 0.821. The summed E-state index contributed by atoms with van der Waals surface area (Å²) in [7, 11) is 2.08. The topological polar surface area (TPSA) is 43.7 Å². The molecule has 0 radical (unpaired) electrons. The van der Waals surface area contributed by atoms with E-state index >= 15 is 0 Å². The van der Waals surface area contributed by atoms with Crippen LogP contribution in [0.15, 0.2) is 36.9 Å². The van der Waals surface area contributed by atoms with Crippen LogP contribution in [-0.2, 0) is 6.54 Å². The summed E-state index contributed by atoms with van der Waals surface area (Å²) in [6.45, 7) is 8.64. The molecule has 1 heterocycles. The van der Waals surface area contributed by atoms with Crippen LogP contribution in [0.3, 0.4) is 0 Å². The summed E-state index contributed by atoms with van der Waals surface area (Å²) in [5.74, 6) is 0. The minimum atomic E-state index is -0.563. The maximum atomic E-state index is 10.5. The molecule has 2 aromatic carbocycles. The summed E-state index contributed by atoms with van der Waals surface area (Å²) in [6.07, 6.45) is 2.04. The maximum absolute atomic E-state index is 10.5. The molecule has 25 heavy (non-hydrogen) atoms. The van der Waals surface area contributed by atoms with Crippen molar-refractivity contribution < 1.29 is 10.2 Å². The van der Waals surface area contributed by atoms with Gasteiger partial charge in [0.1, 0.15) is 0 Å². The van der Waals surface area contributed by atoms with Crippen molar-refractivity contribution in [3.63, 3.8) is 0 Å². The van der Waals surface area contributed by atoms with Gasteiger partial charge in [-0.2, -0.15) is 0 Å². The van der Waals surface area contributed by atoms with Gasteiger partial charge in [0, 0.05) is 19.2 Å². The molecule has 0 spiro atoms. The summed E-state index contributed by atoms with van der Waals surface area (Å²) in [6, 6.07) is 10.4. The second kappa shape index (κ2) is 7.03. The van der Waals surface area contributed by atoms with Gasteiger partial charge in [-0.15, -0.1) is 0 Å². The van der Waals surface area contributed by atoms with E-state index in [0.717, 1.165) is 34.4 Å². The Hall–Kier alpha value is -2.10. The predicted molar refractivity (Wildman–Crippen MR) is 105 cm³/mol. The minimum absolute atomic E-state index is 0.548. The van der Waals surface area contributed by atoms with Crippen molar-refractivity contribution in [1.82, 2.24) is 0 Å². The number of fused-ring (bicyclic) bond motifs is 3. The van der Waals surface area contributed by atoms with E-state index in [-0.39, 0.29) is 0 Å². The van der Waals surface area contributed by atoms with Crippen LogP contribution in [0, 0.1) is 0 Å². The van der Waals surface area contributed by atoms with Gasteiger partial charge in [-0.25, -0.2) is 0 Å². The lowest BCUT2D eigenvalue weighted by atomic mass is 9.85. The molecule has 2 unspecified atom stereocenters. The number of rotatable bonds is 5. The molecule has 2 aromatic rings. The summed E-state index contributed by atoms with van der Waals surface area (Å²) >= 11 is 0. The molecule has 3 heteroatoms. The summed E-state index contributed by atoms with van der Waals surface area (Å²) in [5, 5.41) is 21.0. The van der Waals surface area contributed by atoms with Crippen molar-refractivity contribution in [2.75, 3.05) is 11.9 Å². The number of aliphatic hydroxyl groups is 2. The average molecular weight is 337 g/mol. The highest BCUT2D eigenvalue weighted by Gasteiger charge is 2.26.